The Kier molecular flexibility index (Phi) is 42.4. The zero-order chi connectivity index (χ0) is 50.2. The molecule has 0 aliphatic heterocycles. The molecule has 1 saturated carbocycles. The maximum Gasteiger partial charge on any atom is 1.00 e. The standard InChI is InChI=1S/C19H22N2O3.C12H14O3.C8H8O.C6H13O5P.3C2H6.Na.H/c22-19(23)13-15-12-17(15)14-5-7-16(8-6-14)24-11-3-10-21-18-4-1-2-9-20-18;1-3-15-12(13)9-6-10-4-7-11(14-2)8-5-10;1-7-2-4-8(6-9)5-3-7;1-3-6(8)12(9,5-7)11-10-4-2;3*1-2;;/h1-2,4-9,15,17H,3,10-13H2,(H,20,21)(H,22,23);4-9H,3H2,1-2H3;2-6H,1H3;7H,3-5H2,1-2H3;3*1-2H3;;/q;;;;;;;+1;-1. The van der Waals surface area contributed by atoms with E-state index in [-0.39, 0.29) is 56.4 Å². The van der Waals surface area contributed by atoms with Crippen LogP contribution in [0.1, 0.15) is 122 Å². The molecule has 1 aromatic heterocycles. The first-order valence-electron chi connectivity index (χ1n) is 22.6. The van der Waals surface area contributed by atoms with Gasteiger partial charge in [-0.25, -0.2) is 14.7 Å². The Hall–Kier alpha value is -4.66. The molecule has 1 heterocycles. The first kappa shape index (κ1) is 66.6. The summed E-state index contributed by atoms with van der Waals surface area (Å²) in [7, 11) is -2.00. The third kappa shape index (κ3) is 31.1. The van der Waals surface area contributed by atoms with Crippen molar-refractivity contribution in [1.29, 1.82) is 0 Å². The molecule has 5 rings (SSSR count). The number of hydrogen-bond donors (Lipinski definition) is 3. The van der Waals surface area contributed by atoms with Gasteiger partial charge >= 0.3 is 48.9 Å². The van der Waals surface area contributed by atoms with Gasteiger partial charge in [0.1, 0.15) is 30.0 Å². The summed E-state index contributed by atoms with van der Waals surface area (Å²) in [4.78, 5) is 51.4. The number of aliphatic carboxylic acids is 1. The molecule has 16 heteroatoms. The summed E-state index contributed by atoms with van der Waals surface area (Å²) in [5, 5.41) is 20.7. The summed E-state index contributed by atoms with van der Waals surface area (Å²) >= 11 is 0. The average Bonchev–Trinajstić information content (AvgIpc) is 4.13. The molecule has 0 spiro atoms. The van der Waals surface area contributed by atoms with Crippen LogP contribution in [0.25, 0.3) is 6.08 Å². The number of anilines is 1. The van der Waals surface area contributed by atoms with E-state index in [0.29, 0.717) is 25.0 Å². The van der Waals surface area contributed by atoms with Crippen LogP contribution in [0, 0.1) is 12.8 Å². The maximum absolute atomic E-state index is 11.3. The van der Waals surface area contributed by atoms with E-state index in [9.17, 15) is 23.7 Å². The van der Waals surface area contributed by atoms with Crippen molar-refractivity contribution < 1.29 is 88.7 Å². The molecule has 0 amide bonds. The number of nitrogens with one attached hydrogen (secondary N) is 1. The van der Waals surface area contributed by atoms with Gasteiger partial charge in [0.25, 0.3) is 0 Å². The number of carboxylic acids is 1. The van der Waals surface area contributed by atoms with Gasteiger partial charge in [-0.2, -0.15) is 4.67 Å². The quantitative estimate of drug-likeness (QED) is 0.0111. The molecule has 1 aliphatic carbocycles. The molecular formula is C51H76N2NaO12P. The predicted molar refractivity (Wildman–Crippen MR) is 265 cm³/mol. The largest absolute Gasteiger partial charge is 1.00 e. The van der Waals surface area contributed by atoms with Crippen LogP contribution in [0.4, 0.5) is 5.82 Å². The minimum Gasteiger partial charge on any atom is -1.00 e. The molecule has 4 aromatic rings. The van der Waals surface area contributed by atoms with Crippen LogP contribution < -0.4 is 44.3 Å². The number of methoxy groups -OCH3 is 1. The van der Waals surface area contributed by atoms with Crippen LogP contribution in [0.3, 0.4) is 0 Å². The van der Waals surface area contributed by atoms with E-state index in [1.807, 2.05) is 139 Å². The number of aryl methyl sites for hydroxylation is 1. The van der Waals surface area contributed by atoms with Gasteiger partial charge in [0.2, 0.25) is 5.52 Å². The Morgan fingerprint density at radius 3 is 1.94 bits per heavy atom. The molecular weight excluding hydrogens is 887 g/mol. The molecule has 3 aromatic carbocycles. The number of aromatic nitrogens is 1. The van der Waals surface area contributed by atoms with Gasteiger partial charge in [-0.05, 0) is 99.0 Å². The second-order valence-corrected chi connectivity index (χ2v) is 15.3. The minimum absolute atomic E-state index is 0. The molecule has 14 nitrogen and oxygen atoms in total. The van der Waals surface area contributed by atoms with Crippen LogP contribution in [0.15, 0.2) is 103 Å². The molecule has 1 fully saturated rings. The topological polar surface area (TPSA) is 197 Å². The summed E-state index contributed by atoms with van der Waals surface area (Å²) in [6.45, 7) is 21.0. The van der Waals surface area contributed by atoms with Gasteiger partial charge in [-0.1, -0.05) is 109 Å². The third-order valence-electron chi connectivity index (χ3n) is 8.42. The number of esters is 1. The number of rotatable bonds is 20. The fourth-order valence-corrected chi connectivity index (χ4v) is 6.15. The van der Waals surface area contributed by atoms with Crippen molar-refractivity contribution in [2.45, 2.75) is 101 Å². The first-order chi connectivity index (χ1) is 31.9. The fraction of sp³-hybridized carbons (Fsp3) is 0.431. The fourth-order valence-electron chi connectivity index (χ4n) is 5.10. The number of ether oxygens (including phenoxy) is 3. The predicted octanol–water partition coefficient (Wildman–Crippen LogP) is 8.93. The van der Waals surface area contributed by atoms with Crippen LogP contribution in [0.5, 0.6) is 11.5 Å². The number of carbonyl (C=O) groups excluding carboxylic acids is 3. The van der Waals surface area contributed by atoms with E-state index < -0.39 is 25.2 Å². The molecule has 1 aliphatic rings. The van der Waals surface area contributed by atoms with Crippen molar-refractivity contribution in [3.05, 3.63) is 126 Å². The Bertz CT molecular complexity index is 1940. The Morgan fingerprint density at radius 1 is 0.851 bits per heavy atom. The van der Waals surface area contributed by atoms with Crippen molar-refractivity contribution in [1.82, 2.24) is 4.98 Å². The molecule has 3 atom stereocenters. The smallest absolute Gasteiger partial charge is 1.00 e. The molecule has 67 heavy (non-hydrogen) atoms. The molecule has 0 saturated heterocycles. The SMILES string of the molecule is CC.CC.CC.CCOC(=O)C=Cc1ccc(OC)cc1.CCOOP(=O)(CO)C(=O)CC.Cc1ccc(C=O)cc1.O=C(O)CC1CC1c1ccc(OCCCNc2ccccn2)cc1.[H-].[Na+]. The van der Waals surface area contributed by atoms with Crippen molar-refractivity contribution in [2.75, 3.05) is 45.1 Å². The van der Waals surface area contributed by atoms with Crippen LogP contribution in [-0.2, 0) is 33.2 Å². The van der Waals surface area contributed by atoms with Gasteiger partial charge in [0, 0.05) is 37.2 Å². The van der Waals surface area contributed by atoms with E-state index >= 15 is 0 Å². The summed E-state index contributed by atoms with van der Waals surface area (Å²) < 4.78 is 31.2. The Balaban J connectivity index is -0.000000406. The summed E-state index contributed by atoms with van der Waals surface area (Å²) in [6, 6.07) is 28.7. The number of hydrogen-bond acceptors (Lipinski definition) is 13. The number of carbonyl (C=O) groups is 4. The minimum atomic E-state index is -3.61. The number of aldehydes is 1. The normalized spacial score (nSPS) is 13.3. The van der Waals surface area contributed by atoms with Gasteiger partial charge < -0.3 is 31.2 Å². The van der Waals surface area contributed by atoms with Crippen LogP contribution in [-0.4, -0.2) is 78.8 Å². The number of aliphatic hydroxyl groups excluding tert-OH is 1. The molecule has 3 unspecified atom stereocenters. The second-order valence-electron chi connectivity index (χ2n) is 13.0. The summed E-state index contributed by atoms with van der Waals surface area (Å²) in [5.74, 6) is 2.19. The number of aliphatic hydroxyl groups is 1. The third-order valence-corrected chi connectivity index (χ3v) is 10.2. The molecule has 368 valence electrons. The maximum atomic E-state index is 11.3. The van der Waals surface area contributed by atoms with E-state index in [1.165, 1.54) is 17.2 Å². The van der Waals surface area contributed by atoms with E-state index in [1.54, 1.807) is 40.2 Å². The monoisotopic (exact) mass is 963 g/mol. The summed E-state index contributed by atoms with van der Waals surface area (Å²) in [6.07, 6.45) is 7.12. The number of benzene rings is 3. The summed E-state index contributed by atoms with van der Waals surface area (Å²) in [5.41, 5.74) is 3.45. The number of nitrogens with zero attached hydrogens (tertiary/aromatic N) is 1. The number of carboxylic acid groups (broad SMARTS) is 1. The van der Waals surface area contributed by atoms with E-state index in [2.05, 4.69) is 19.9 Å². The Morgan fingerprint density at radius 2 is 1.45 bits per heavy atom. The molecule has 0 radical (unpaired) electrons. The Labute approximate surface area is 423 Å². The zero-order valence-electron chi connectivity index (χ0n) is 42.9. The van der Waals surface area contributed by atoms with Gasteiger partial charge in [0.05, 0.1) is 26.9 Å². The van der Waals surface area contributed by atoms with E-state index in [4.69, 9.17) is 24.4 Å². The molecule has 0 bridgehead atoms. The average molecular weight is 963 g/mol. The van der Waals surface area contributed by atoms with E-state index in [0.717, 1.165) is 54.1 Å². The first-order valence-corrected chi connectivity index (χ1v) is 24.4. The van der Waals surface area contributed by atoms with Crippen molar-refractivity contribution in [3.63, 3.8) is 0 Å². The van der Waals surface area contributed by atoms with Gasteiger partial charge in [0.15, 0.2) is 0 Å². The van der Waals surface area contributed by atoms with Gasteiger partial charge in [-0.3, -0.25) is 18.9 Å². The molecule has 3 N–H and O–H groups in total. The van der Waals surface area contributed by atoms with Crippen molar-refractivity contribution >= 4 is 43.0 Å². The van der Waals surface area contributed by atoms with Gasteiger partial charge in [-0.15, -0.1) is 0 Å². The number of pyridine rings is 1. The van der Waals surface area contributed by atoms with Crippen LogP contribution in [0.2, 0.25) is 0 Å². The zero-order valence-corrected chi connectivity index (χ0v) is 44.8. The van der Waals surface area contributed by atoms with Crippen LogP contribution >= 0.6 is 7.37 Å². The second kappa shape index (κ2) is 42.7. The van der Waals surface area contributed by atoms with Crippen molar-refractivity contribution in [2.24, 2.45) is 5.92 Å². The van der Waals surface area contributed by atoms with Crippen molar-refractivity contribution in [3.8, 4) is 11.5 Å².